The van der Waals surface area contributed by atoms with Gasteiger partial charge in [-0.3, -0.25) is 0 Å². The SMILES string of the molecule is NS(=O)(=O)[C@H]1CC[C@@H](NC(=NS(=O)(=O)c2ccc(Cl)cc2)N2CC(c3ccccc3)C(c3ccc(F)cc3)=N2)C1. The largest absolute Gasteiger partial charge is 0.351 e. The highest BCUT2D eigenvalue weighted by Gasteiger charge is 2.36. The van der Waals surface area contributed by atoms with Gasteiger partial charge in [-0.05, 0) is 66.8 Å². The normalized spacial score (nSPS) is 21.9. The molecule has 2 aliphatic rings. The van der Waals surface area contributed by atoms with Gasteiger partial charge in [-0.25, -0.2) is 23.0 Å². The fourth-order valence-corrected chi connectivity index (χ4v) is 6.99. The average Bonchev–Trinajstić information content (AvgIpc) is 3.57. The van der Waals surface area contributed by atoms with E-state index in [1.165, 1.54) is 41.4 Å². The molecule has 3 aromatic rings. The number of halogens is 2. The summed E-state index contributed by atoms with van der Waals surface area (Å²) in [4.78, 5) is -0.0634. The van der Waals surface area contributed by atoms with Crippen molar-refractivity contribution in [3.63, 3.8) is 0 Å². The number of hydrogen-bond donors (Lipinski definition) is 2. The molecule has 40 heavy (non-hydrogen) atoms. The zero-order chi connectivity index (χ0) is 28.5. The van der Waals surface area contributed by atoms with Crippen LogP contribution < -0.4 is 10.5 Å². The number of primary sulfonamides is 1. The zero-order valence-corrected chi connectivity index (χ0v) is 23.6. The van der Waals surface area contributed by atoms with Gasteiger partial charge >= 0.3 is 0 Å². The first kappa shape index (κ1) is 28.2. The molecule has 210 valence electrons. The van der Waals surface area contributed by atoms with Crippen molar-refractivity contribution in [2.24, 2.45) is 14.6 Å². The zero-order valence-electron chi connectivity index (χ0n) is 21.2. The van der Waals surface area contributed by atoms with Crippen LogP contribution in [0.4, 0.5) is 4.39 Å². The van der Waals surface area contributed by atoms with Crippen LogP contribution in [0.25, 0.3) is 0 Å². The van der Waals surface area contributed by atoms with Crippen LogP contribution in [0.15, 0.2) is 93.3 Å². The van der Waals surface area contributed by atoms with E-state index in [-0.39, 0.29) is 35.6 Å². The van der Waals surface area contributed by atoms with E-state index in [1.54, 1.807) is 12.1 Å². The molecule has 0 radical (unpaired) electrons. The van der Waals surface area contributed by atoms with Gasteiger partial charge in [0.2, 0.25) is 16.0 Å². The van der Waals surface area contributed by atoms with Gasteiger partial charge in [-0.2, -0.15) is 13.5 Å². The Labute approximate surface area is 237 Å². The quantitative estimate of drug-likeness (QED) is 0.325. The van der Waals surface area contributed by atoms with Crippen LogP contribution in [0.1, 0.15) is 36.3 Å². The fraction of sp³-hybridized carbons (Fsp3) is 0.259. The first-order valence-corrected chi connectivity index (χ1v) is 16.0. The minimum atomic E-state index is -4.20. The molecule has 0 saturated heterocycles. The third-order valence-electron chi connectivity index (χ3n) is 7.00. The van der Waals surface area contributed by atoms with Gasteiger partial charge in [0.15, 0.2) is 0 Å². The molecule has 0 amide bonds. The van der Waals surface area contributed by atoms with Gasteiger partial charge in [0, 0.05) is 17.0 Å². The minimum Gasteiger partial charge on any atom is -0.351 e. The van der Waals surface area contributed by atoms with E-state index in [4.69, 9.17) is 21.8 Å². The van der Waals surface area contributed by atoms with Crippen LogP contribution >= 0.6 is 11.6 Å². The number of benzene rings is 3. The Morgan fingerprint density at radius 3 is 2.27 bits per heavy atom. The van der Waals surface area contributed by atoms with E-state index in [2.05, 4.69) is 9.71 Å². The lowest BCUT2D eigenvalue weighted by Crippen LogP contribution is -2.43. The summed E-state index contributed by atoms with van der Waals surface area (Å²) in [5.74, 6) is -0.718. The van der Waals surface area contributed by atoms with Gasteiger partial charge in [0.1, 0.15) is 5.82 Å². The van der Waals surface area contributed by atoms with E-state index in [0.29, 0.717) is 29.1 Å². The molecule has 1 saturated carbocycles. The van der Waals surface area contributed by atoms with Crippen LogP contribution in [-0.2, 0) is 20.0 Å². The summed E-state index contributed by atoms with van der Waals surface area (Å²) >= 11 is 5.94. The van der Waals surface area contributed by atoms with Crippen LogP contribution in [-0.4, -0.2) is 51.4 Å². The molecular formula is C27H27ClFN5O4S2. The molecule has 5 rings (SSSR count). The smallest absolute Gasteiger partial charge is 0.285 e. The Hall–Kier alpha value is -3.32. The Morgan fingerprint density at radius 1 is 0.975 bits per heavy atom. The number of guanidine groups is 1. The van der Waals surface area contributed by atoms with Gasteiger partial charge < -0.3 is 5.32 Å². The van der Waals surface area contributed by atoms with Crippen molar-refractivity contribution in [3.8, 4) is 0 Å². The first-order chi connectivity index (χ1) is 19.0. The van der Waals surface area contributed by atoms with Crippen molar-refractivity contribution >= 4 is 43.3 Å². The summed E-state index contributed by atoms with van der Waals surface area (Å²) in [5, 5.41) is 14.4. The number of hydrazone groups is 1. The first-order valence-electron chi connectivity index (χ1n) is 12.6. The fourth-order valence-electron chi connectivity index (χ4n) is 4.94. The average molecular weight is 604 g/mol. The maximum Gasteiger partial charge on any atom is 0.285 e. The van der Waals surface area contributed by atoms with Crippen molar-refractivity contribution in [1.29, 1.82) is 0 Å². The third kappa shape index (κ3) is 6.35. The Bertz CT molecular complexity index is 1650. The molecule has 1 heterocycles. The van der Waals surface area contributed by atoms with Gasteiger partial charge in [0.05, 0.1) is 22.4 Å². The van der Waals surface area contributed by atoms with E-state index in [0.717, 1.165) is 5.56 Å². The molecule has 3 atom stereocenters. The van der Waals surface area contributed by atoms with Crippen LogP contribution in [0.2, 0.25) is 5.02 Å². The third-order valence-corrected chi connectivity index (χ3v) is 9.89. The second-order valence-corrected chi connectivity index (χ2v) is 13.6. The Balaban J connectivity index is 1.55. The molecule has 0 bridgehead atoms. The molecule has 1 aliphatic heterocycles. The van der Waals surface area contributed by atoms with Crippen LogP contribution in [0, 0.1) is 5.82 Å². The standard InChI is InChI=1S/C27H27ClFN5O4S2/c28-20-8-13-23(14-9-20)40(37,38)33-27(31-22-12-15-24(16-22)39(30,35)36)34-17-25(18-4-2-1-3-5-18)26(32-34)19-6-10-21(29)11-7-19/h1-11,13-14,22,24-25H,12,15-17H2,(H,31,33)(H2,30,35,36)/t22-,24+,25?/m1/s1. The molecule has 1 aliphatic carbocycles. The van der Waals surface area contributed by atoms with Crippen molar-refractivity contribution < 1.29 is 21.2 Å². The lowest BCUT2D eigenvalue weighted by atomic mass is 9.91. The Morgan fingerprint density at radius 2 is 1.65 bits per heavy atom. The maximum atomic E-state index is 13.7. The second-order valence-electron chi connectivity index (χ2n) is 9.75. The highest BCUT2D eigenvalue weighted by Crippen LogP contribution is 2.30. The molecule has 3 aromatic carbocycles. The molecule has 13 heteroatoms. The summed E-state index contributed by atoms with van der Waals surface area (Å²) in [6.45, 7) is 0.240. The summed E-state index contributed by atoms with van der Waals surface area (Å²) in [5.41, 5.74) is 2.22. The van der Waals surface area contributed by atoms with Gasteiger partial charge in [0.25, 0.3) is 10.0 Å². The minimum absolute atomic E-state index is 0.0481. The van der Waals surface area contributed by atoms with E-state index in [1.807, 2.05) is 30.3 Å². The molecular weight excluding hydrogens is 577 g/mol. The Kier molecular flexibility index (Phi) is 7.96. The van der Waals surface area contributed by atoms with E-state index in [9.17, 15) is 21.2 Å². The van der Waals surface area contributed by atoms with Crippen molar-refractivity contribution in [2.45, 2.75) is 41.4 Å². The molecule has 3 N–H and O–H groups in total. The van der Waals surface area contributed by atoms with Crippen molar-refractivity contribution in [3.05, 3.63) is 101 Å². The van der Waals surface area contributed by atoms with Crippen molar-refractivity contribution in [2.75, 3.05) is 6.54 Å². The number of nitrogens with zero attached hydrogens (tertiary/aromatic N) is 3. The summed E-state index contributed by atoms with van der Waals surface area (Å²) in [6.07, 6.45) is 0.985. The highest BCUT2D eigenvalue weighted by molar-refractivity contribution is 7.90. The molecule has 0 aromatic heterocycles. The summed E-state index contributed by atoms with van der Waals surface area (Å²) in [6, 6.07) is 20.7. The van der Waals surface area contributed by atoms with Crippen LogP contribution in [0.5, 0.6) is 0 Å². The monoisotopic (exact) mass is 603 g/mol. The number of sulfonamides is 2. The van der Waals surface area contributed by atoms with E-state index >= 15 is 0 Å². The van der Waals surface area contributed by atoms with Crippen molar-refractivity contribution in [1.82, 2.24) is 10.3 Å². The molecule has 0 spiro atoms. The summed E-state index contributed by atoms with van der Waals surface area (Å²) in [7, 11) is -7.95. The number of nitrogens with one attached hydrogen (secondary N) is 1. The summed E-state index contributed by atoms with van der Waals surface area (Å²) < 4.78 is 68.4. The van der Waals surface area contributed by atoms with Gasteiger partial charge in [-0.15, -0.1) is 4.40 Å². The predicted octanol–water partition coefficient (Wildman–Crippen LogP) is 3.83. The van der Waals surface area contributed by atoms with Crippen LogP contribution in [0.3, 0.4) is 0 Å². The molecule has 9 nitrogen and oxygen atoms in total. The van der Waals surface area contributed by atoms with E-state index < -0.39 is 31.3 Å². The lowest BCUT2D eigenvalue weighted by Gasteiger charge is -2.23. The number of nitrogens with two attached hydrogens (primary N) is 1. The van der Waals surface area contributed by atoms with Gasteiger partial charge in [-0.1, -0.05) is 54.1 Å². The maximum absolute atomic E-state index is 13.7. The topological polar surface area (TPSA) is 134 Å². The molecule has 1 fully saturated rings. The predicted molar refractivity (Wildman–Crippen MR) is 153 cm³/mol. The second kappa shape index (κ2) is 11.3. The number of hydrogen-bond acceptors (Lipinski definition) is 5. The highest BCUT2D eigenvalue weighted by atomic mass is 35.5. The number of rotatable bonds is 6. The molecule has 1 unspecified atom stereocenters. The lowest BCUT2D eigenvalue weighted by molar-refractivity contribution is 0.441.